The number of aromatic nitrogens is 3. The number of ether oxygens (including phenoxy) is 2. The van der Waals surface area contributed by atoms with Gasteiger partial charge < -0.3 is 22.9 Å². The molecule has 0 N–H and O–H groups in total. The van der Waals surface area contributed by atoms with Crippen molar-refractivity contribution in [3.63, 3.8) is 0 Å². The number of benzene rings is 1. The Morgan fingerprint density at radius 2 is 2.06 bits per heavy atom. The maximum atomic E-state index is 12.7. The molecule has 8 heteroatoms. The van der Waals surface area contributed by atoms with Crippen LogP contribution in [0.25, 0.3) is 22.6 Å². The molecule has 162 valence electrons. The van der Waals surface area contributed by atoms with Crippen molar-refractivity contribution in [3.05, 3.63) is 53.7 Å². The van der Waals surface area contributed by atoms with Crippen molar-refractivity contribution in [2.75, 3.05) is 6.61 Å². The zero-order chi connectivity index (χ0) is 21.8. The predicted molar refractivity (Wildman–Crippen MR) is 114 cm³/mol. The fourth-order valence-corrected chi connectivity index (χ4v) is 3.62. The number of fused-ring (bicyclic) bond motifs is 1. The number of hydrogen-bond acceptors (Lipinski definition) is 7. The van der Waals surface area contributed by atoms with Gasteiger partial charge in [0.25, 0.3) is 5.89 Å². The number of nitrogens with zero attached hydrogens (tertiary/aromatic N) is 3. The Morgan fingerprint density at radius 3 is 2.81 bits per heavy atom. The summed E-state index contributed by atoms with van der Waals surface area (Å²) >= 11 is 0. The number of furan rings is 1. The molecule has 0 aliphatic carbocycles. The zero-order valence-corrected chi connectivity index (χ0v) is 17.9. The Hall–Kier alpha value is -3.55. The van der Waals surface area contributed by atoms with Gasteiger partial charge in [0.1, 0.15) is 18.1 Å². The Kier molecular flexibility index (Phi) is 6.06. The van der Waals surface area contributed by atoms with Crippen molar-refractivity contribution in [1.82, 2.24) is 14.8 Å². The van der Waals surface area contributed by atoms with E-state index in [1.807, 2.05) is 32.0 Å². The topological polar surface area (TPSA) is 92.5 Å². The van der Waals surface area contributed by atoms with E-state index >= 15 is 0 Å². The molecular formula is C23H25N3O5. The summed E-state index contributed by atoms with van der Waals surface area (Å²) in [5.41, 5.74) is 2.50. The van der Waals surface area contributed by atoms with Crippen LogP contribution >= 0.6 is 0 Å². The number of unbranched alkanes of at least 4 members (excludes halogenated alkanes) is 1. The van der Waals surface area contributed by atoms with Crippen LogP contribution in [0.4, 0.5) is 0 Å². The summed E-state index contributed by atoms with van der Waals surface area (Å²) in [4.78, 5) is 12.7. The van der Waals surface area contributed by atoms with Crippen LogP contribution in [0.5, 0.6) is 5.75 Å². The third kappa shape index (κ3) is 4.19. The average molecular weight is 423 g/mol. The second kappa shape index (κ2) is 9.07. The Labute approximate surface area is 179 Å². The summed E-state index contributed by atoms with van der Waals surface area (Å²) in [6.07, 6.45) is 3.36. The normalized spacial score (nSPS) is 11.2. The molecule has 8 nitrogen and oxygen atoms in total. The van der Waals surface area contributed by atoms with Gasteiger partial charge in [-0.05, 0) is 50.6 Å². The summed E-state index contributed by atoms with van der Waals surface area (Å²) < 4.78 is 24.3. The van der Waals surface area contributed by atoms with Gasteiger partial charge in [-0.2, -0.15) is 0 Å². The van der Waals surface area contributed by atoms with Gasteiger partial charge in [0.15, 0.2) is 5.76 Å². The van der Waals surface area contributed by atoms with Crippen LogP contribution in [0.3, 0.4) is 0 Å². The van der Waals surface area contributed by atoms with Crippen LogP contribution in [0, 0.1) is 6.92 Å². The molecule has 0 saturated heterocycles. The highest BCUT2D eigenvalue weighted by atomic mass is 16.5. The third-order valence-corrected chi connectivity index (χ3v) is 5.12. The van der Waals surface area contributed by atoms with Crippen LogP contribution in [0.1, 0.15) is 48.5 Å². The quantitative estimate of drug-likeness (QED) is 0.344. The SMILES string of the molecule is CCCCn1c(C)c(C(=O)OCC)c2cc(OCc3ccc(-c4nnco4)o3)ccc21. The minimum Gasteiger partial charge on any atom is -0.486 e. The summed E-state index contributed by atoms with van der Waals surface area (Å²) in [5, 5.41) is 8.30. The van der Waals surface area contributed by atoms with Crippen LogP contribution in [-0.2, 0) is 17.9 Å². The van der Waals surface area contributed by atoms with E-state index in [0.29, 0.717) is 35.3 Å². The second-order valence-corrected chi connectivity index (χ2v) is 7.16. The van der Waals surface area contributed by atoms with Gasteiger partial charge in [-0.15, -0.1) is 10.2 Å². The van der Waals surface area contributed by atoms with Crippen molar-refractivity contribution >= 4 is 16.9 Å². The van der Waals surface area contributed by atoms with Gasteiger partial charge in [-0.1, -0.05) is 13.3 Å². The van der Waals surface area contributed by atoms with E-state index in [9.17, 15) is 4.79 Å². The minimum atomic E-state index is -0.312. The molecule has 0 amide bonds. The highest BCUT2D eigenvalue weighted by Gasteiger charge is 2.21. The van der Waals surface area contributed by atoms with Crippen molar-refractivity contribution in [2.24, 2.45) is 0 Å². The van der Waals surface area contributed by atoms with Gasteiger partial charge in [0.2, 0.25) is 6.39 Å². The molecule has 0 radical (unpaired) electrons. The molecule has 3 aromatic heterocycles. The molecular weight excluding hydrogens is 398 g/mol. The van der Waals surface area contributed by atoms with Crippen molar-refractivity contribution < 1.29 is 23.1 Å². The zero-order valence-electron chi connectivity index (χ0n) is 17.9. The number of hydrogen-bond donors (Lipinski definition) is 0. The number of carbonyl (C=O) groups excluding carboxylic acids is 1. The number of aryl methyl sites for hydroxylation is 1. The van der Waals surface area contributed by atoms with Crippen molar-refractivity contribution in [2.45, 2.75) is 46.8 Å². The van der Waals surface area contributed by atoms with Crippen LogP contribution < -0.4 is 4.74 Å². The lowest BCUT2D eigenvalue weighted by atomic mass is 10.1. The first-order valence-electron chi connectivity index (χ1n) is 10.4. The van der Waals surface area contributed by atoms with E-state index in [4.69, 9.17) is 18.3 Å². The van der Waals surface area contributed by atoms with E-state index in [2.05, 4.69) is 21.7 Å². The molecule has 0 aliphatic heterocycles. The van der Waals surface area contributed by atoms with Gasteiger partial charge in [-0.3, -0.25) is 0 Å². The predicted octanol–water partition coefficient (Wildman–Crippen LogP) is 5.15. The Balaban J connectivity index is 1.60. The summed E-state index contributed by atoms with van der Waals surface area (Å²) in [7, 11) is 0. The summed E-state index contributed by atoms with van der Waals surface area (Å²) in [5.74, 6) is 1.75. The fourth-order valence-electron chi connectivity index (χ4n) is 3.62. The fraction of sp³-hybridized carbons (Fsp3) is 0.348. The van der Waals surface area contributed by atoms with Crippen molar-refractivity contribution in [1.29, 1.82) is 0 Å². The van der Waals surface area contributed by atoms with E-state index in [1.54, 1.807) is 12.1 Å². The van der Waals surface area contributed by atoms with Gasteiger partial charge in [-0.25, -0.2) is 4.79 Å². The van der Waals surface area contributed by atoms with Crippen LogP contribution in [-0.4, -0.2) is 27.3 Å². The molecule has 1 aromatic carbocycles. The van der Waals surface area contributed by atoms with E-state index in [0.717, 1.165) is 36.0 Å². The lowest BCUT2D eigenvalue weighted by Gasteiger charge is -2.08. The molecule has 0 aliphatic rings. The number of esters is 1. The molecule has 31 heavy (non-hydrogen) atoms. The molecule has 4 rings (SSSR count). The van der Waals surface area contributed by atoms with Crippen LogP contribution in [0.15, 0.2) is 45.6 Å². The summed E-state index contributed by atoms with van der Waals surface area (Å²) in [6, 6.07) is 9.33. The van der Waals surface area contributed by atoms with Gasteiger partial charge >= 0.3 is 5.97 Å². The van der Waals surface area contributed by atoms with E-state index < -0.39 is 0 Å². The highest BCUT2D eigenvalue weighted by molar-refractivity contribution is 6.06. The van der Waals surface area contributed by atoms with Gasteiger partial charge in [0, 0.05) is 23.1 Å². The molecule has 4 aromatic rings. The first kappa shape index (κ1) is 20.7. The highest BCUT2D eigenvalue weighted by Crippen LogP contribution is 2.31. The molecule has 3 heterocycles. The molecule has 0 atom stereocenters. The lowest BCUT2D eigenvalue weighted by Crippen LogP contribution is -2.07. The maximum absolute atomic E-state index is 12.7. The molecule has 0 spiro atoms. The lowest BCUT2D eigenvalue weighted by molar-refractivity contribution is 0.0527. The molecule has 0 unspecified atom stereocenters. The largest absolute Gasteiger partial charge is 0.486 e. The van der Waals surface area contributed by atoms with E-state index in [1.165, 1.54) is 6.39 Å². The first-order chi connectivity index (χ1) is 15.1. The third-order valence-electron chi connectivity index (χ3n) is 5.12. The molecule has 0 saturated carbocycles. The Bertz CT molecular complexity index is 1170. The number of carbonyl (C=O) groups is 1. The average Bonchev–Trinajstić information content (AvgIpc) is 3.50. The van der Waals surface area contributed by atoms with Crippen LogP contribution in [0.2, 0.25) is 0 Å². The smallest absolute Gasteiger partial charge is 0.340 e. The Morgan fingerprint density at radius 1 is 1.19 bits per heavy atom. The second-order valence-electron chi connectivity index (χ2n) is 7.16. The van der Waals surface area contributed by atoms with Gasteiger partial charge in [0.05, 0.1) is 12.2 Å². The minimum absolute atomic E-state index is 0.226. The van der Waals surface area contributed by atoms with E-state index in [-0.39, 0.29) is 12.6 Å². The monoisotopic (exact) mass is 423 g/mol. The molecule has 0 bridgehead atoms. The first-order valence-corrected chi connectivity index (χ1v) is 10.4. The molecule has 0 fully saturated rings. The van der Waals surface area contributed by atoms with Crippen molar-refractivity contribution in [3.8, 4) is 17.4 Å². The maximum Gasteiger partial charge on any atom is 0.340 e. The number of rotatable bonds is 9. The summed E-state index contributed by atoms with van der Waals surface area (Å²) in [6.45, 7) is 7.33. The standard InChI is InChI=1S/C23H25N3O5/c1-4-6-11-26-15(3)21(23(27)28-5-2)18-12-16(7-9-19(18)26)29-13-17-8-10-20(31-17)22-25-24-14-30-22/h7-10,12,14H,4-6,11,13H2,1-3H3.